The third kappa shape index (κ3) is 3.16. The van der Waals surface area contributed by atoms with Gasteiger partial charge in [0.2, 0.25) is 0 Å². The van der Waals surface area contributed by atoms with Crippen LogP contribution in [0.2, 0.25) is 0 Å². The summed E-state index contributed by atoms with van der Waals surface area (Å²) < 4.78 is 5.44. The van der Waals surface area contributed by atoms with Crippen molar-refractivity contribution in [3.05, 3.63) is 18.3 Å². The summed E-state index contributed by atoms with van der Waals surface area (Å²) >= 11 is 0. The van der Waals surface area contributed by atoms with Gasteiger partial charge < -0.3 is 15.4 Å². The summed E-state index contributed by atoms with van der Waals surface area (Å²) in [7, 11) is 0. The molecule has 0 aromatic carbocycles. The van der Waals surface area contributed by atoms with Crippen molar-refractivity contribution in [1.29, 1.82) is 0 Å². The van der Waals surface area contributed by atoms with Crippen molar-refractivity contribution in [3.63, 3.8) is 0 Å². The molecule has 19 heavy (non-hydrogen) atoms. The highest BCUT2D eigenvalue weighted by Crippen LogP contribution is 2.18. The molecule has 0 spiro atoms. The zero-order valence-electron chi connectivity index (χ0n) is 11.3. The van der Waals surface area contributed by atoms with E-state index in [2.05, 4.69) is 14.8 Å². The standard InChI is InChI=1S/C14H22N4O/c15-13-1-2-14(16-9-13)18-6-4-17(5-7-18)10-12-3-8-19-11-12/h1-2,9,12H,3-8,10-11,15H2. The molecule has 104 valence electrons. The first-order valence-electron chi connectivity index (χ1n) is 7.08. The van der Waals surface area contributed by atoms with Crippen LogP contribution >= 0.6 is 0 Å². The maximum atomic E-state index is 5.67. The van der Waals surface area contributed by atoms with Crippen molar-refractivity contribution >= 4 is 11.5 Å². The molecule has 5 heteroatoms. The van der Waals surface area contributed by atoms with Crippen molar-refractivity contribution in [3.8, 4) is 0 Å². The Morgan fingerprint density at radius 2 is 2.11 bits per heavy atom. The Labute approximate surface area is 114 Å². The van der Waals surface area contributed by atoms with Crippen LogP contribution in [-0.2, 0) is 4.74 Å². The highest BCUT2D eigenvalue weighted by Gasteiger charge is 2.23. The van der Waals surface area contributed by atoms with Gasteiger partial charge in [-0.25, -0.2) is 4.98 Å². The Morgan fingerprint density at radius 1 is 1.26 bits per heavy atom. The van der Waals surface area contributed by atoms with E-state index in [0.29, 0.717) is 0 Å². The Hall–Kier alpha value is -1.33. The molecule has 1 aromatic rings. The van der Waals surface area contributed by atoms with E-state index in [1.54, 1.807) is 6.20 Å². The molecule has 3 heterocycles. The molecule has 2 aliphatic heterocycles. The molecule has 1 atom stereocenters. The van der Waals surface area contributed by atoms with Crippen molar-refractivity contribution < 1.29 is 4.74 Å². The van der Waals surface area contributed by atoms with E-state index in [4.69, 9.17) is 10.5 Å². The SMILES string of the molecule is Nc1ccc(N2CCN(CC3CCOC3)CC2)nc1. The Kier molecular flexibility index (Phi) is 3.84. The normalized spacial score (nSPS) is 24.8. The van der Waals surface area contributed by atoms with Gasteiger partial charge in [0.05, 0.1) is 18.5 Å². The fourth-order valence-corrected chi connectivity index (χ4v) is 2.84. The summed E-state index contributed by atoms with van der Waals surface area (Å²) in [6.07, 6.45) is 2.96. The Morgan fingerprint density at radius 3 is 2.74 bits per heavy atom. The van der Waals surface area contributed by atoms with Gasteiger partial charge in [-0.3, -0.25) is 4.90 Å². The average molecular weight is 262 g/mol. The Bertz CT molecular complexity index is 394. The van der Waals surface area contributed by atoms with Gasteiger partial charge >= 0.3 is 0 Å². The monoisotopic (exact) mass is 262 g/mol. The zero-order valence-corrected chi connectivity index (χ0v) is 11.3. The second-order valence-corrected chi connectivity index (χ2v) is 5.47. The summed E-state index contributed by atoms with van der Waals surface area (Å²) in [6.45, 7) is 7.39. The molecule has 0 aliphatic carbocycles. The van der Waals surface area contributed by atoms with Gasteiger partial charge in [-0.2, -0.15) is 0 Å². The van der Waals surface area contributed by atoms with Crippen molar-refractivity contribution in [2.75, 3.05) is 56.6 Å². The van der Waals surface area contributed by atoms with Crippen LogP contribution in [0.25, 0.3) is 0 Å². The largest absolute Gasteiger partial charge is 0.397 e. The molecule has 0 saturated carbocycles. The summed E-state index contributed by atoms with van der Waals surface area (Å²) in [5.41, 5.74) is 6.39. The smallest absolute Gasteiger partial charge is 0.128 e. The molecule has 2 aliphatic rings. The highest BCUT2D eigenvalue weighted by atomic mass is 16.5. The first-order chi connectivity index (χ1) is 9.31. The van der Waals surface area contributed by atoms with Crippen LogP contribution in [0.4, 0.5) is 11.5 Å². The lowest BCUT2D eigenvalue weighted by Gasteiger charge is -2.36. The number of nitrogens with zero attached hydrogens (tertiary/aromatic N) is 3. The fraction of sp³-hybridized carbons (Fsp3) is 0.643. The number of nitrogen functional groups attached to an aromatic ring is 1. The molecule has 0 amide bonds. The molecular weight excluding hydrogens is 240 g/mol. The lowest BCUT2D eigenvalue weighted by Crippen LogP contribution is -2.48. The van der Waals surface area contributed by atoms with E-state index < -0.39 is 0 Å². The fourth-order valence-electron chi connectivity index (χ4n) is 2.84. The molecule has 2 N–H and O–H groups in total. The molecule has 2 fully saturated rings. The van der Waals surface area contributed by atoms with Crippen LogP contribution in [0.15, 0.2) is 18.3 Å². The van der Waals surface area contributed by atoms with Crippen molar-refractivity contribution in [2.24, 2.45) is 5.92 Å². The Balaban J connectivity index is 1.50. The molecule has 0 bridgehead atoms. The predicted molar refractivity (Wildman–Crippen MR) is 76.2 cm³/mol. The maximum absolute atomic E-state index is 5.67. The van der Waals surface area contributed by atoms with Gasteiger partial charge in [0.15, 0.2) is 0 Å². The number of ether oxygens (including phenoxy) is 1. The van der Waals surface area contributed by atoms with Crippen LogP contribution < -0.4 is 10.6 Å². The topological polar surface area (TPSA) is 54.6 Å². The van der Waals surface area contributed by atoms with E-state index in [1.807, 2.05) is 12.1 Å². The summed E-state index contributed by atoms with van der Waals surface area (Å²) in [5, 5.41) is 0. The minimum Gasteiger partial charge on any atom is -0.397 e. The number of pyridine rings is 1. The minimum absolute atomic E-state index is 0.726. The van der Waals surface area contributed by atoms with Gasteiger partial charge in [-0.05, 0) is 24.5 Å². The molecule has 5 nitrogen and oxygen atoms in total. The number of aromatic nitrogens is 1. The van der Waals surface area contributed by atoms with Crippen LogP contribution in [0, 0.1) is 5.92 Å². The zero-order chi connectivity index (χ0) is 13.1. The number of hydrogen-bond donors (Lipinski definition) is 1. The summed E-state index contributed by atoms with van der Waals surface area (Å²) in [4.78, 5) is 9.28. The first kappa shape index (κ1) is 12.7. The van der Waals surface area contributed by atoms with E-state index in [0.717, 1.165) is 56.8 Å². The van der Waals surface area contributed by atoms with Gasteiger partial charge in [0, 0.05) is 39.3 Å². The lowest BCUT2D eigenvalue weighted by atomic mass is 10.1. The third-order valence-corrected chi connectivity index (χ3v) is 4.01. The lowest BCUT2D eigenvalue weighted by molar-refractivity contribution is 0.164. The van der Waals surface area contributed by atoms with Crippen LogP contribution in [0.1, 0.15) is 6.42 Å². The minimum atomic E-state index is 0.726. The van der Waals surface area contributed by atoms with Crippen LogP contribution in [0.3, 0.4) is 0 Å². The summed E-state index contributed by atoms with van der Waals surface area (Å²) in [5.74, 6) is 1.78. The van der Waals surface area contributed by atoms with E-state index >= 15 is 0 Å². The highest BCUT2D eigenvalue weighted by molar-refractivity contribution is 5.46. The first-order valence-corrected chi connectivity index (χ1v) is 7.08. The molecule has 2 saturated heterocycles. The second-order valence-electron chi connectivity index (χ2n) is 5.47. The molecule has 3 rings (SSSR count). The number of rotatable bonds is 3. The van der Waals surface area contributed by atoms with E-state index in [-0.39, 0.29) is 0 Å². The van der Waals surface area contributed by atoms with Crippen LogP contribution in [0.5, 0.6) is 0 Å². The number of anilines is 2. The average Bonchev–Trinajstić information content (AvgIpc) is 2.94. The maximum Gasteiger partial charge on any atom is 0.128 e. The van der Waals surface area contributed by atoms with E-state index in [1.165, 1.54) is 13.0 Å². The van der Waals surface area contributed by atoms with Gasteiger partial charge in [0.1, 0.15) is 5.82 Å². The predicted octanol–water partition coefficient (Wildman–Crippen LogP) is 0.822. The summed E-state index contributed by atoms with van der Waals surface area (Å²) in [6, 6.07) is 3.93. The third-order valence-electron chi connectivity index (χ3n) is 4.01. The number of nitrogens with two attached hydrogens (primary N) is 1. The van der Waals surface area contributed by atoms with Gasteiger partial charge in [-0.1, -0.05) is 0 Å². The molecule has 1 aromatic heterocycles. The quantitative estimate of drug-likeness (QED) is 0.874. The van der Waals surface area contributed by atoms with Crippen LogP contribution in [-0.4, -0.2) is 55.8 Å². The van der Waals surface area contributed by atoms with Crippen molar-refractivity contribution in [2.45, 2.75) is 6.42 Å². The molecule has 1 unspecified atom stereocenters. The second kappa shape index (κ2) is 5.75. The van der Waals surface area contributed by atoms with E-state index in [9.17, 15) is 0 Å². The van der Waals surface area contributed by atoms with Gasteiger partial charge in [0.25, 0.3) is 0 Å². The molecule has 0 radical (unpaired) electrons. The van der Waals surface area contributed by atoms with Crippen molar-refractivity contribution in [1.82, 2.24) is 9.88 Å². The number of hydrogen-bond acceptors (Lipinski definition) is 5. The number of piperazine rings is 1. The van der Waals surface area contributed by atoms with Gasteiger partial charge in [-0.15, -0.1) is 0 Å². The molecular formula is C14H22N4O.